The van der Waals surface area contributed by atoms with E-state index in [-0.39, 0.29) is 6.03 Å². The molecule has 1 fully saturated rings. The van der Waals surface area contributed by atoms with Gasteiger partial charge in [-0.15, -0.1) is 0 Å². The Balaban J connectivity index is 1.53. The summed E-state index contributed by atoms with van der Waals surface area (Å²) in [5.74, 6) is 0.949. The molecule has 2 N–H and O–H groups in total. The number of nitriles is 1. The van der Waals surface area contributed by atoms with Crippen LogP contribution >= 0.6 is 0 Å². The van der Waals surface area contributed by atoms with Crippen LogP contribution in [0.5, 0.6) is 0 Å². The van der Waals surface area contributed by atoms with Gasteiger partial charge in [-0.1, -0.05) is 0 Å². The minimum absolute atomic E-state index is 0.285. The van der Waals surface area contributed by atoms with E-state index in [4.69, 9.17) is 5.26 Å². The van der Waals surface area contributed by atoms with E-state index in [0.717, 1.165) is 37.6 Å². The highest BCUT2D eigenvalue weighted by Gasteiger charge is 2.15. The van der Waals surface area contributed by atoms with E-state index in [9.17, 15) is 4.79 Å². The lowest BCUT2D eigenvalue weighted by Crippen LogP contribution is -2.44. The van der Waals surface area contributed by atoms with Gasteiger partial charge in [0.15, 0.2) is 0 Å². The summed E-state index contributed by atoms with van der Waals surface area (Å²) in [6.45, 7) is 4.39. The lowest BCUT2D eigenvalue weighted by Gasteiger charge is -2.33. The van der Waals surface area contributed by atoms with E-state index in [0.29, 0.717) is 17.8 Å². The summed E-state index contributed by atoms with van der Waals surface area (Å²) in [6.07, 6.45) is 1.78. The quantitative estimate of drug-likeness (QED) is 0.881. The predicted octanol–water partition coefficient (Wildman–Crippen LogP) is 2.03. The Morgan fingerprint density at radius 1 is 1.19 bits per heavy atom. The molecule has 0 radical (unpaired) electrons. The number of hydrogen-bond donors (Lipinski definition) is 2. The molecule has 2 aromatic rings. The molecule has 7 nitrogen and oxygen atoms in total. The van der Waals surface area contributed by atoms with E-state index < -0.39 is 0 Å². The molecule has 1 aliphatic rings. The number of piperazine rings is 1. The maximum Gasteiger partial charge on any atom is 0.319 e. The van der Waals surface area contributed by atoms with E-state index in [1.165, 1.54) is 0 Å². The molecule has 2 heterocycles. The molecule has 2 amide bonds. The average Bonchev–Trinajstić information content (AvgIpc) is 2.68. The van der Waals surface area contributed by atoms with Crippen molar-refractivity contribution >= 4 is 17.5 Å². The van der Waals surface area contributed by atoms with Crippen molar-refractivity contribution in [2.75, 3.05) is 43.4 Å². The zero-order valence-corrected chi connectivity index (χ0v) is 14.8. The Kier molecular flexibility index (Phi) is 5.66. The number of nitrogens with zero attached hydrogens (tertiary/aromatic N) is 4. The highest BCUT2D eigenvalue weighted by atomic mass is 16.2. The van der Waals surface area contributed by atoms with Crippen molar-refractivity contribution in [1.29, 1.82) is 5.26 Å². The van der Waals surface area contributed by atoms with Crippen LogP contribution in [0.15, 0.2) is 42.6 Å². The van der Waals surface area contributed by atoms with Gasteiger partial charge in [-0.3, -0.25) is 0 Å². The molecule has 1 aliphatic heterocycles. The predicted molar refractivity (Wildman–Crippen MR) is 101 cm³/mol. The van der Waals surface area contributed by atoms with Gasteiger partial charge in [-0.05, 0) is 49.0 Å². The van der Waals surface area contributed by atoms with Gasteiger partial charge in [0, 0.05) is 44.6 Å². The number of aromatic nitrogens is 1. The monoisotopic (exact) mass is 350 g/mol. The van der Waals surface area contributed by atoms with Crippen molar-refractivity contribution in [2.24, 2.45) is 0 Å². The van der Waals surface area contributed by atoms with Crippen LogP contribution in [0.1, 0.15) is 11.1 Å². The van der Waals surface area contributed by atoms with E-state index in [2.05, 4.69) is 32.5 Å². The first-order chi connectivity index (χ1) is 12.6. The van der Waals surface area contributed by atoms with Crippen LogP contribution in [0.25, 0.3) is 0 Å². The molecule has 0 unspecified atom stereocenters. The zero-order chi connectivity index (χ0) is 18.4. The molecule has 0 spiro atoms. The van der Waals surface area contributed by atoms with Gasteiger partial charge >= 0.3 is 6.03 Å². The molecule has 1 aromatic carbocycles. The lowest BCUT2D eigenvalue weighted by molar-refractivity contribution is 0.251. The second-order valence-corrected chi connectivity index (χ2v) is 6.31. The summed E-state index contributed by atoms with van der Waals surface area (Å²) in [5, 5.41) is 14.4. The maximum absolute atomic E-state index is 12.0. The molecule has 7 heteroatoms. The standard InChI is InChI=1S/C19H22N6O/c1-24-8-10-25(11-9-24)18-12-16(6-7-21-18)14-22-19(26)23-17-4-2-15(13-20)3-5-17/h2-7,12H,8-11,14H2,1H3,(H2,22,23,26). The fourth-order valence-corrected chi connectivity index (χ4v) is 2.76. The summed E-state index contributed by atoms with van der Waals surface area (Å²) in [5.41, 5.74) is 2.21. The zero-order valence-electron chi connectivity index (χ0n) is 14.8. The summed E-state index contributed by atoms with van der Waals surface area (Å²) < 4.78 is 0. The Bertz CT molecular complexity index is 790. The first kappa shape index (κ1) is 17.7. The number of carbonyl (C=O) groups is 1. The van der Waals surface area contributed by atoms with Gasteiger partial charge in [0.2, 0.25) is 0 Å². The lowest BCUT2D eigenvalue weighted by atomic mass is 10.2. The third-order valence-electron chi connectivity index (χ3n) is 4.36. The number of hydrogen-bond acceptors (Lipinski definition) is 5. The molecule has 1 aromatic heterocycles. The van der Waals surface area contributed by atoms with Crippen molar-refractivity contribution in [2.45, 2.75) is 6.54 Å². The fraction of sp³-hybridized carbons (Fsp3) is 0.316. The van der Waals surface area contributed by atoms with Crippen molar-refractivity contribution < 1.29 is 4.79 Å². The second kappa shape index (κ2) is 8.32. The van der Waals surface area contributed by atoms with Crippen LogP contribution in [0.3, 0.4) is 0 Å². The molecule has 1 saturated heterocycles. The number of anilines is 2. The summed E-state index contributed by atoms with van der Waals surface area (Å²) in [4.78, 5) is 21.1. The molecular weight excluding hydrogens is 328 g/mol. The van der Waals surface area contributed by atoms with E-state index in [1.807, 2.05) is 18.2 Å². The Morgan fingerprint density at radius 3 is 2.62 bits per heavy atom. The summed E-state index contributed by atoms with van der Waals surface area (Å²) in [7, 11) is 2.12. The molecule has 0 atom stereocenters. The Hall–Kier alpha value is -3.11. The first-order valence-corrected chi connectivity index (χ1v) is 8.57. The number of benzene rings is 1. The van der Waals surface area contributed by atoms with Crippen molar-refractivity contribution in [3.05, 3.63) is 53.7 Å². The van der Waals surface area contributed by atoms with Gasteiger partial charge in [-0.25, -0.2) is 9.78 Å². The molecule has 0 aliphatic carbocycles. The van der Waals surface area contributed by atoms with Gasteiger partial charge in [-0.2, -0.15) is 5.26 Å². The normalized spacial score (nSPS) is 14.5. The molecule has 26 heavy (non-hydrogen) atoms. The number of carbonyl (C=O) groups excluding carboxylic acids is 1. The first-order valence-electron chi connectivity index (χ1n) is 8.57. The minimum atomic E-state index is -0.285. The number of amides is 2. The maximum atomic E-state index is 12.0. The molecule has 0 saturated carbocycles. The van der Waals surface area contributed by atoms with Gasteiger partial charge in [0.25, 0.3) is 0 Å². The third-order valence-corrected chi connectivity index (χ3v) is 4.36. The van der Waals surface area contributed by atoms with Gasteiger partial charge in [0.05, 0.1) is 11.6 Å². The average molecular weight is 350 g/mol. The van der Waals surface area contributed by atoms with Crippen molar-refractivity contribution in [1.82, 2.24) is 15.2 Å². The molecule has 0 bridgehead atoms. The van der Waals surface area contributed by atoms with Crippen LogP contribution in [-0.4, -0.2) is 49.1 Å². The minimum Gasteiger partial charge on any atom is -0.354 e. The largest absolute Gasteiger partial charge is 0.354 e. The van der Waals surface area contributed by atoms with E-state index >= 15 is 0 Å². The van der Waals surface area contributed by atoms with Crippen LogP contribution < -0.4 is 15.5 Å². The smallest absolute Gasteiger partial charge is 0.319 e. The molecular formula is C19H22N6O. The Labute approximate surface area is 153 Å². The van der Waals surface area contributed by atoms with Crippen LogP contribution in [0, 0.1) is 11.3 Å². The van der Waals surface area contributed by atoms with E-state index in [1.54, 1.807) is 30.5 Å². The van der Waals surface area contributed by atoms with Crippen LogP contribution in [0.2, 0.25) is 0 Å². The van der Waals surface area contributed by atoms with Crippen LogP contribution in [-0.2, 0) is 6.54 Å². The summed E-state index contributed by atoms with van der Waals surface area (Å²) >= 11 is 0. The van der Waals surface area contributed by atoms with Crippen LogP contribution in [0.4, 0.5) is 16.3 Å². The highest BCUT2D eigenvalue weighted by molar-refractivity contribution is 5.89. The van der Waals surface area contributed by atoms with Gasteiger partial charge < -0.3 is 20.4 Å². The van der Waals surface area contributed by atoms with Crippen molar-refractivity contribution in [3.63, 3.8) is 0 Å². The molecule has 134 valence electrons. The number of urea groups is 1. The fourth-order valence-electron chi connectivity index (χ4n) is 2.76. The highest BCUT2D eigenvalue weighted by Crippen LogP contribution is 2.15. The third kappa shape index (κ3) is 4.71. The summed E-state index contributed by atoms with van der Waals surface area (Å²) in [6, 6.07) is 12.4. The second-order valence-electron chi connectivity index (χ2n) is 6.31. The molecule has 3 rings (SSSR count). The number of likely N-dealkylation sites (N-methyl/N-ethyl adjacent to an activating group) is 1. The van der Waals surface area contributed by atoms with Crippen molar-refractivity contribution in [3.8, 4) is 6.07 Å². The Morgan fingerprint density at radius 2 is 1.92 bits per heavy atom. The SMILES string of the molecule is CN1CCN(c2cc(CNC(=O)Nc3ccc(C#N)cc3)ccn2)CC1. The topological polar surface area (TPSA) is 84.3 Å². The number of nitrogens with one attached hydrogen (secondary N) is 2. The number of rotatable bonds is 4. The number of pyridine rings is 1. The van der Waals surface area contributed by atoms with Gasteiger partial charge in [0.1, 0.15) is 5.82 Å².